The zero-order valence-electron chi connectivity index (χ0n) is 11.7. The molecule has 0 amide bonds. The highest BCUT2D eigenvalue weighted by molar-refractivity contribution is 5.06. The van der Waals surface area contributed by atoms with Crippen LogP contribution in [-0.2, 0) is 12.0 Å². The summed E-state index contributed by atoms with van der Waals surface area (Å²) >= 11 is 0. The van der Waals surface area contributed by atoms with E-state index in [-0.39, 0.29) is 5.41 Å². The fourth-order valence-corrected chi connectivity index (χ4v) is 2.03. The monoisotopic (exact) mass is 236 g/mol. The molecule has 0 bridgehead atoms. The molecule has 1 fully saturated rings. The molecule has 1 heterocycles. The Morgan fingerprint density at radius 3 is 2.59 bits per heavy atom. The molecule has 0 spiro atoms. The third kappa shape index (κ3) is 3.09. The van der Waals surface area contributed by atoms with Gasteiger partial charge in [0.25, 0.3) is 0 Å². The van der Waals surface area contributed by atoms with Gasteiger partial charge in [-0.05, 0) is 32.7 Å². The first-order valence-electron chi connectivity index (χ1n) is 6.53. The van der Waals surface area contributed by atoms with Crippen LogP contribution in [0.4, 0.5) is 0 Å². The maximum atomic E-state index is 5.82. The molecule has 3 nitrogen and oxygen atoms in total. The van der Waals surface area contributed by atoms with E-state index < -0.39 is 0 Å². The summed E-state index contributed by atoms with van der Waals surface area (Å²) < 4.78 is 5.82. The van der Waals surface area contributed by atoms with E-state index in [1.54, 1.807) is 0 Å². The van der Waals surface area contributed by atoms with Crippen molar-refractivity contribution in [2.75, 3.05) is 7.05 Å². The molecular weight excluding hydrogens is 212 g/mol. The van der Waals surface area contributed by atoms with E-state index in [1.165, 1.54) is 12.8 Å². The van der Waals surface area contributed by atoms with Gasteiger partial charge in [-0.25, -0.2) is 4.98 Å². The van der Waals surface area contributed by atoms with Crippen LogP contribution in [0, 0.1) is 5.92 Å². The molecular formula is C14H24N2O. The average Bonchev–Trinajstić information content (AvgIpc) is 2.96. The molecule has 1 aliphatic rings. The quantitative estimate of drug-likeness (QED) is 0.804. The Morgan fingerprint density at radius 1 is 1.47 bits per heavy atom. The van der Waals surface area contributed by atoms with E-state index in [1.807, 2.05) is 6.20 Å². The minimum Gasteiger partial charge on any atom is -0.444 e. The Labute approximate surface area is 104 Å². The second kappa shape index (κ2) is 4.45. The Morgan fingerprint density at radius 2 is 2.12 bits per heavy atom. The third-order valence-electron chi connectivity index (χ3n) is 3.68. The molecule has 1 atom stereocenters. The van der Waals surface area contributed by atoms with Crippen LogP contribution in [0.2, 0.25) is 0 Å². The van der Waals surface area contributed by atoms with Crippen molar-refractivity contribution in [3.63, 3.8) is 0 Å². The summed E-state index contributed by atoms with van der Waals surface area (Å²) in [6.45, 7) is 9.55. The molecule has 3 heteroatoms. The van der Waals surface area contributed by atoms with Crippen LogP contribution in [-0.4, -0.2) is 23.0 Å². The molecule has 0 aliphatic heterocycles. The fraction of sp³-hybridized carbons (Fsp3) is 0.786. The number of aromatic nitrogens is 1. The normalized spacial score (nSPS) is 18.7. The highest BCUT2D eigenvalue weighted by Gasteiger charge is 2.31. The van der Waals surface area contributed by atoms with Crippen molar-refractivity contribution in [3.05, 3.63) is 17.8 Å². The van der Waals surface area contributed by atoms with Crippen molar-refractivity contribution < 1.29 is 4.42 Å². The molecule has 2 rings (SSSR count). The number of nitrogens with zero attached hydrogens (tertiary/aromatic N) is 2. The maximum Gasteiger partial charge on any atom is 0.208 e. The summed E-state index contributed by atoms with van der Waals surface area (Å²) in [5.74, 6) is 2.70. The average molecular weight is 236 g/mol. The van der Waals surface area contributed by atoms with Gasteiger partial charge >= 0.3 is 0 Å². The molecule has 96 valence electrons. The zero-order valence-corrected chi connectivity index (χ0v) is 11.7. The summed E-state index contributed by atoms with van der Waals surface area (Å²) in [4.78, 5) is 6.72. The highest BCUT2D eigenvalue weighted by atomic mass is 16.4. The van der Waals surface area contributed by atoms with Crippen LogP contribution in [0.3, 0.4) is 0 Å². The minimum absolute atomic E-state index is 0.0475. The van der Waals surface area contributed by atoms with Crippen LogP contribution < -0.4 is 0 Å². The highest BCUT2D eigenvalue weighted by Crippen LogP contribution is 2.35. The largest absolute Gasteiger partial charge is 0.444 e. The molecule has 1 unspecified atom stereocenters. The molecule has 1 aromatic heterocycles. The van der Waals surface area contributed by atoms with Gasteiger partial charge in [0.15, 0.2) is 0 Å². The lowest BCUT2D eigenvalue weighted by Crippen LogP contribution is -2.30. The van der Waals surface area contributed by atoms with E-state index in [9.17, 15) is 0 Å². The molecule has 0 N–H and O–H groups in total. The van der Waals surface area contributed by atoms with Crippen LogP contribution in [0.5, 0.6) is 0 Å². The van der Waals surface area contributed by atoms with Gasteiger partial charge in [-0.15, -0.1) is 0 Å². The Balaban J connectivity index is 1.96. The van der Waals surface area contributed by atoms with Gasteiger partial charge in [-0.1, -0.05) is 20.8 Å². The summed E-state index contributed by atoms with van der Waals surface area (Å²) in [7, 11) is 2.16. The van der Waals surface area contributed by atoms with Crippen molar-refractivity contribution in [1.29, 1.82) is 0 Å². The molecule has 1 aliphatic carbocycles. The molecule has 1 saturated carbocycles. The maximum absolute atomic E-state index is 5.82. The van der Waals surface area contributed by atoms with Crippen molar-refractivity contribution in [1.82, 2.24) is 9.88 Å². The van der Waals surface area contributed by atoms with E-state index in [4.69, 9.17) is 4.42 Å². The number of hydrogen-bond acceptors (Lipinski definition) is 3. The number of rotatable bonds is 4. The zero-order chi connectivity index (χ0) is 12.6. The molecule has 0 aromatic carbocycles. The van der Waals surface area contributed by atoms with E-state index in [0.717, 1.165) is 24.1 Å². The van der Waals surface area contributed by atoms with Crippen LogP contribution in [0.1, 0.15) is 52.2 Å². The van der Waals surface area contributed by atoms with Crippen LogP contribution in [0.15, 0.2) is 10.6 Å². The van der Waals surface area contributed by atoms with Gasteiger partial charge in [-0.2, -0.15) is 0 Å². The Kier molecular flexibility index (Phi) is 3.30. The van der Waals surface area contributed by atoms with Gasteiger partial charge < -0.3 is 4.42 Å². The Bertz CT molecular complexity index is 374. The van der Waals surface area contributed by atoms with Crippen molar-refractivity contribution >= 4 is 0 Å². The van der Waals surface area contributed by atoms with Crippen LogP contribution >= 0.6 is 0 Å². The minimum atomic E-state index is 0.0475. The van der Waals surface area contributed by atoms with Crippen molar-refractivity contribution in [3.8, 4) is 0 Å². The van der Waals surface area contributed by atoms with E-state index in [2.05, 4.69) is 44.6 Å². The predicted molar refractivity (Wildman–Crippen MR) is 68.9 cm³/mol. The summed E-state index contributed by atoms with van der Waals surface area (Å²) in [6.07, 6.45) is 4.62. The molecule has 0 saturated heterocycles. The van der Waals surface area contributed by atoms with Gasteiger partial charge in [0.1, 0.15) is 5.76 Å². The lowest BCUT2D eigenvalue weighted by atomic mass is 9.94. The molecule has 1 aromatic rings. The van der Waals surface area contributed by atoms with Crippen molar-refractivity contribution in [2.24, 2.45) is 5.92 Å². The number of hydrogen-bond donors (Lipinski definition) is 0. The smallest absolute Gasteiger partial charge is 0.208 e. The lowest BCUT2D eigenvalue weighted by Gasteiger charge is -2.23. The first kappa shape index (κ1) is 12.6. The first-order valence-corrected chi connectivity index (χ1v) is 6.53. The SMILES string of the molecule is CC(C1CC1)N(C)Cc1ncc(C(C)(C)C)o1. The Hall–Kier alpha value is -0.830. The second-order valence-corrected chi connectivity index (χ2v) is 6.36. The third-order valence-corrected chi connectivity index (χ3v) is 3.68. The van der Waals surface area contributed by atoms with E-state index in [0.29, 0.717) is 6.04 Å². The van der Waals surface area contributed by atoms with Crippen molar-refractivity contribution in [2.45, 2.75) is 58.5 Å². The number of oxazole rings is 1. The van der Waals surface area contributed by atoms with Gasteiger partial charge in [-0.3, -0.25) is 4.90 Å². The van der Waals surface area contributed by atoms with Gasteiger partial charge in [0.05, 0.1) is 12.7 Å². The van der Waals surface area contributed by atoms with Gasteiger partial charge in [0, 0.05) is 11.5 Å². The topological polar surface area (TPSA) is 29.3 Å². The van der Waals surface area contributed by atoms with Crippen LogP contribution in [0.25, 0.3) is 0 Å². The molecule has 17 heavy (non-hydrogen) atoms. The summed E-state index contributed by atoms with van der Waals surface area (Å²) in [6, 6.07) is 0.639. The first-order chi connectivity index (χ1) is 7.88. The lowest BCUT2D eigenvalue weighted by molar-refractivity contribution is 0.202. The summed E-state index contributed by atoms with van der Waals surface area (Å²) in [5, 5.41) is 0. The van der Waals surface area contributed by atoms with E-state index >= 15 is 0 Å². The predicted octanol–water partition coefficient (Wildman–Crippen LogP) is 3.20. The second-order valence-electron chi connectivity index (χ2n) is 6.36. The standard InChI is InChI=1S/C14H24N2O/c1-10(11-6-7-11)16(5)9-13-15-8-12(17-13)14(2,3)4/h8,10-11H,6-7,9H2,1-5H3. The fourth-order valence-electron chi connectivity index (χ4n) is 2.03. The van der Waals surface area contributed by atoms with Gasteiger partial charge in [0.2, 0.25) is 5.89 Å². The molecule has 0 radical (unpaired) electrons. The summed E-state index contributed by atoms with van der Waals surface area (Å²) in [5.41, 5.74) is 0.0475.